The quantitative estimate of drug-likeness (QED) is 0.501. The molecule has 10 heteroatoms. The fourth-order valence-corrected chi connectivity index (χ4v) is 4.24. The number of amides is 1. The molecule has 5 rings (SSSR count). The van der Waals surface area contributed by atoms with E-state index in [0.29, 0.717) is 50.0 Å². The molecule has 4 aromatic rings. The summed E-state index contributed by atoms with van der Waals surface area (Å²) in [4.78, 5) is 34.3. The zero-order chi connectivity index (χ0) is 23.8. The van der Waals surface area contributed by atoms with Gasteiger partial charge >= 0.3 is 0 Å². The Morgan fingerprint density at radius 2 is 1.85 bits per heavy atom. The lowest BCUT2D eigenvalue weighted by Crippen LogP contribution is -2.38. The molecule has 1 aliphatic rings. The van der Waals surface area contributed by atoms with Crippen LogP contribution in [0.1, 0.15) is 46.1 Å². The van der Waals surface area contributed by atoms with Crippen molar-refractivity contribution in [1.29, 1.82) is 0 Å². The summed E-state index contributed by atoms with van der Waals surface area (Å²) >= 11 is 0. The van der Waals surface area contributed by atoms with Crippen LogP contribution in [0.15, 0.2) is 47.3 Å². The number of likely N-dealkylation sites (tertiary alicyclic amines) is 1. The second kappa shape index (κ2) is 8.77. The number of carbonyl (C=O) groups is 1. The average Bonchev–Trinajstić information content (AvgIpc) is 3.23. The van der Waals surface area contributed by atoms with Crippen molar-refractivity contribution in [2.75, 3.05) is 13.1 Å². The Kier molecular flexibility index (Phi) is 5.64. The largest absolute Gasteiger partial charge is 0.339 e. The summed E-state index contributed by atoms with van der Waals surface area (Å²) in [6.45, 7) is 3.17. The minimum absolute atomic E-state index is 0.0815. The van der Waals surface area contributed by atoms with Crippen molar-refractivity contribution in [2.24, 2.45) is 0 Å². The number of aromatic amines is 1. The van der Waals surface area contributed by atoms with Crippen LogP contribution in [0.3, 0.4) is 0 Å². The van der Waals surface area contributed by atoms with Crippen molar-refractivity contribution < 1.29 is 13.6 Å². The van der Waals surface area contributed by atoms with Gasteiger partial charge in [-0.2, -0.15) is 0 Å². The van der Waals surface area contributed by atoms with Crippen molar-refractivity contribution in [3.8, 4) is 0 Å². The van der Waals surface area contributed by atoms with Gasteiger partial charge in [0.2, 0.25) is 0 Å². The molecule has 2 aromatic carbocycles. The first kappa shape index (κ1) is 21.9. The molecule has 8 nitrogen and oxygen atoms in total. The van der Waals surface area contributed by atoms with Crippen molar-refractivity contribution >= 4 is 17.1 Å². The summed E-state index contributed by atoms with van der Waals surface area (Å²) in [5.74, 6) is -1.65. The summed E-state index contributed by atoms with van der Waals surface area (Å²) in [6, 6.07) is 10.9. The van der Waals surface area contributed by atoms with Crippen LogP contribution in [0, 0.1) is 18.6 Å². The van der Waals surface area contributed by atoms with Crippen LogP contribution in [0.5, 0.6) is 0 Å². The normalized spacial score (nSPS) is 14.6. The van der Waals surface area contributed by atoms with Gasteiger partial charge in [0.25, 0.3) is 11.5 Å². The van der Waals surface area contributed by atoms with E-state index in [0.717, 1.165) is 23.3 Å². The van der Waals surface area contributed by atoms with Gasteiger partial charge in [0.05, 0.1) is 12.1 Å². The first-order chi connectivity index (χ1) is 16.4. The molecule has 0 bridgehead atoms. The molecule has 1 saturated heterocycles. The molecule has 1 N–H and O–H groups in total. The van der Waals surface area contributed by atoms with E-state index in [9.17, 15) is 18.4 Å². The Morgan fingerprint density at radius 1 is 1.12 bits per heavy atom. The van der Waals surface area contributed by atoms with Crippen LogP contribution in [-0.4, -0.2) is 48.9 Å². The SMILES string of the molecule is Cc1ccc(Cn2nnc3c(=O)[nH]c(C4CCN(C(=O)c5ccc(F)cc5F)CC4)nc32)cc1. The summed E-state index contributed by atoms with van der Waals surface area (Å²) in [7, 11) is 0. The highest BCUT2D eigenvalue weighted by atomic mass is 19.1. The second-order valence-electron chi connectivity index (χ2n) is 8.55. The highest BCUT2D eigenvalue weighted by molar-refractivity contribution is 5.94. The maximum absolute atomic E-state index is 14.0. The Balaban J connectivity index is 1.34. The van der Waals surface area contributed by atoms with E-state index in [1.165, 1.54) is 4.90 Å². The zero-order valence-corrected chi connectivity index (χ0v) is 18.5. The molecule has 0 spiro atoms. The van der Waals surface area contributed by atoms with Crippen LogP contribution in [-0.2, 0) is 6.54 Å². The maximum atomic E-state index is 14.0. The Morgan fingerprint density at radius 3 is 2.56 bits per heavy atom. The van der Waals surface area contributed by atoms with E-state index < -0.39 is 17.5 Å². The highest BCUT2D eigenvalue weighted by Gasteiger charge is 2.28. The van der Waals surface area contributed by atoms with E-state index in [-0.39, 0.29) is 22.6 Å². The summed E-state index contributed by atoms with van der Waals surface area (Å²) in [5.41, 5.74) is 2.24. The number of H-pyrrole nitrogens is 1. The van der Waals surface area contributed by atoms with Crippen molar-refractivity contribution in [3.63, 3.8) is 0 Å². The van der Waals surface area contributed by atoms with Gasteiger partial charge in [-0.15, -0.1) is 5.10 Å². The van der Waals surface area contributed by atoms with E-state index >= 15 is 0 Å². The number of carbonyl (C=O) groups excluding carboxylic acids is 1. The van der Waals surface area contributed by atoms with Gasteiger partial charge in [0.1, 0.15) is 17.5 Å². The lowest BCUT2D eigenvalue weighted by Gasteiger charge is -2.31. The van der Waals surface area contributed by atoms with Crippen LogP contribution in [0.4, 0.5) is 8.78 Å². The number of nitrogens with one attached hydrogen (secondary N) is 1. The third-order valence-electron chi connectivity index (χ3n) is 6.18. The molecule has 34 heavy (non-hydrogen) atoms. The molecule has 1 fully saturated rings. The monoisotopic (exact) mass is 464 g/mol. The fraction of sp³-hybridized carbons (Fsp3) is 0.292. The van der Waals surface area contributed by atoms with Crippen LogP contribution >= 0.6 is 0 Å². The second-order valence-corrected chi connectivity index (χ2v) is 8.55. The van der Waals surface area contributed by atoms with Crippen LogP contribution < -0.4 is 5.56 Å². The van der Waals surface area contributed by atoms with E-state index in [1.54, 1.807) is 4.68 Å². The van der Waals surface area contributed by atoms with Crippen LogP contribution in [0.2, 0.25) is 0 Å². The Hall–Kier alpha value is -3.95. The number of fused-ring (bicyclic) bond motifs is 1. The third kappa shape index (κ3) is 4.18. The number of piperidine rings is 1. The number of halogens is 2. The van der Waals surface area contributed by atoms with Gasteiger partial charge in [-0.05, 0) is 37.5 Å². The topological polar surface area (TPSA) is 96.8 Å². The molecular formula is C24H22F2N6O2. The number of aromatic nitrogens is 5. The van der Waals surface area contributed by atoms with Crippen molar-refractivity contribution in [2.45, 2.75) is 32.2 Å². The number of nitrogens with zero attached hydrogens (tertiary/aromatic N) is 5. The van der Waals surface area contributed by atoms with E-state index in [2.05, 4.69) is 20.3 Å². The third-order valence-corrected chi connectivity index (χ3v) is 6.18. The van der Waals surface area contributed by atoms with Gasteiger partial charge in [-0.3, -0.25) is 9.59 Å². The van der Waals surface area contributed by atoms with Gasteiger partial charge in [0, 0.05) is 25.1 Å². The standard InChI is InChI=1S/C24H22F2N6O2/c1-14-2-4-15(5-3-14)13-32-22-20(29-30-32)23(33)28-21(27-22)16-8-10-31(11-9-16)24(34)18-7-6-17(25)12-19(18)26/h2-7,12,16H,8-11,13H2,1H3,(H,27,28,33). The average molecular weight is 464 g/mol. The number of hydrogen-bond donors (Lipinski definition) is 1. The van der Waals surface area contributed by atoms with Crippen LogP contribution in [0.25, 0.3) is 11.2 Å². The van der Waals surface area contributed by atoms with Gasteiger partial charge in [0.15, 0.2) is 11.2 Å². The Bertz CT molecular complexity index is 1420. The molecule has 1 amide bonds. The fourth-order valence-electron chi connectivity index (χ4n) is 4.24. The lowest BCUT2D eigenvalue weighted by molar-refractivity contribution is 0.0706. The van der Waals surface area contributed by atoms with Gasteiger partial charge in [-0.1, -0.05) is 35.0 Å². The highest BCUT2D eigenvalue weighted by Crippen LogP contribution is 2.27. The summed E-state index contributed by atoms with van der Waals surface area (Å²) in [5, 5.41) is 8.11. The van der Waals surface area contributed by atoms with E-state index in [1.807, 2.05) is 31.2 Å². The predicted octanol–water partition coefficient (Wildman–Crippen LogP) is 3.17. The van der Waals surface area contributed by atoms with E-state index in [4.69, 9.17) is 0 Å². The molecule has 0 radical (unpaired) electrons. The molecule has 0 unspecified atom stereocenters. The smallest absolute Gasteiger partial charge is 0.281 e. The predicted molar refractivity (Wildman–Crippen MR) is 120 cm³/mol. The molecule has 2 aromatic heterocycles. The van der Waals surface area contributed by atoms with Gasteiger partial charge in [-0.25, -0.2) is 18.4 Å². The first-order valence-corrected chi connectivity index (χ1v) is 11.0. The first-order valence-electron chi connectivity index (χ1n) is 11.0. The Labute approximate surface area is 193 Å². The zero-order valence-electron chi connectivity index (χ0n) is 18.5. The minimum Gasteiger partial charge on any atom is -0.339 e. The molecule has 0 aliphatic carbocycles. The lowest BCUT2D eigenvalue weighted by atomic mass is 9.95. The number of benzene rings is 2. The number of rotatable bonds is 4. The van der Waals surface area contributed by atoms with Gasteiger partial charge < -0.3 is 9.88 Å². The number of aryl methyl sites for hydroxylation is 1. The molecular weight excluding hydrogens is 442 g/mol. The molecule has 1 aliphatic heterocycles. The van der Waals surface area contributed by atoms with Crippen molar-refractivity contribution in [1.82, 2.24) is 29.9 Å². The molecule has 0 atom stereocenters. The summed E-state index contributed by atoms with van der Waals surface area (Å²) < 4.78 is 28.8. The molecule has 174 valence electrons. The number of hydrogen-bond acceptors (Lipinski definition) is 5. The summed E-state index contributed by atoms with van der Waals surface area (Å²) in [6.07, 6.45) is 1.09. The maximum Gasteiger partial charge on any atom is 0.281 e. The molecule has 3 heterocycles. The minimum atomic E-state index is -0.877. The van der Waals surface area contributed by atoms with Crippen molar-refractivity contribution in [3.05, 3.63) is 87.0 Å². The molecule has 0 saturated carbocycles.